The number of carboxylic acid groups (broad SMARTS) is 1. The van der Waals surface area contributed by atoms with Crippen LogP contribution in [-0.4, -0.2) is 61.7 Å². The van der Waals surface area contributed by atoms with E-state index in [1.165, 1.54) is 11.1 Å². The minimum Gasteiger partial charge on any atom is -0.464 e. The van der Waals surface area contributed by atoms with Gasteiger partial charge in [-0.05, 0) is 63.0 Å². The second kappa shape index (κ2) is 11.4. The Morgan fingerprint density at radius 1 is 1.00 bits per heavy atom. The minimum atomic E-state index is -1.60. The summed E-state index contributed by atoms with van der Waals surface area (Å²) in [7, 11) is 1.65. The zero-order valence-corrected chi connectivity index (χ0v) is 24.3. The number of anilines is 1. The SMILES string of the molecule is CN(Cc1ccc(-c2cc(-c3nc(Br)cnc3N(C(=O)O)C(=O)OC(C)(C)C)on2)cc1)C(=O)OC(C)(C)C. The number of aromatic nitrogens is 3. The Kier molecular flexibility index (Phi) is 8.64. The molecule has 0 saturated carbocycles. The van der Waals surface area contributed by atoms with Crippen molar-refractivity contribution >= 4 is 40.0 Å². The third-order valence-corrected chi connectivity index (χ3v) is 5.20. The molecular weight excluding hydrogens is 574 g/mol. The number of hydrogen-bond donors (Lipinski definition) is 1. The molecule has 0 aliphatic rings. The molecule has 208 valence electrons. The van der Waals surface area contributed by atoms with Crippen molar-refractivity contribution in [1.29, 1.82) is 0 Å². The van der Waals surface area contributed by atoms with Gasteiger partial charge in [-0.1, -0.05) is 29.4 Å². The fraction of sp³-hybridized carbons (Fsp3) is 0.385. The van der Waals surface area contributed by atoms with Crippen LogP contribution in [0.4, 0.5) is 20.2 Å². The molecule has 0 aliphatic carbocycles. The normalized spacial score (nSPS) is 11.6. The highest BCUT2D eigenvalue weighted by molar-refractivity contribution is 9.10. The number of carbonyl (C=O) groups is 3. The molecule has 0 radical (unpaired) electrons. The van der Waals surface area contributed by atoms with Gasteiger partial charge in [0, 0.05) is 25.2 Å². The number of nitrogens with zero attached hydrogens (tertiary/aromatic N) is 5. The lowest BCUT2D eigenvalue weighted by molar-refractivity contribution is 0.0284. The first-order valence-electron chi connectivity index (χ1n) is 11.8. The molecule has 0 spiro atoms. The Balaban J connectivity index is 1.87. The fourth-order valence-electron chi connectivity index (χ4n) is 3.23. The first-order valence-corrected chi connectivity index (χ1v) is 12.6. The van der Waals surface area contributed by atoms with E-state index in [1.807, 2.05) is 12.1 Å². The van der Waals surface area contributed by atoms with Gasteiger partial charge in [-0.25, -0.2) is 24.4 Å². The van der Waals surface area contributed by atoms with E-state index >= 15 is 0 Å². The highest BCUT2D eigenvalue weighted by Crippen LogP contribution is 2.32. The predicted octanol–water partition coefficient (Wildman–Crippen LogP) is 6.35. The van der Waals surface area contributed by atoms with E-state index < -0.39 is 29.5 Å². The summed E-state index contributed by atoms with van der Waals surface area (Å²) >= 11 is 3.22. The fourth-order valence-corrected chi connectivity index (χ4v) is 3.51. The lowest BCUT2D eigenvalue weighted by Gasteiger charge is -2.24. The Morgan fingerprint density at radius 2 is 1.59 bits per heavy atom. The molecule has 1 N–H and O–H groups in total. The standard InChI is InChI=1S/C26H30BrN5O7/c1-25(2,3)37-23(35)31(7)14-15-8-10-16(11-9-15)17-12-18(39-30-17)20-21(28-13-19(27)29-20)32(22(33)34)24(36)38-26(4,5)6/h8-13H,14H2,1-7H3,(H,33,34). The summed E-state index contributed by atoms with van der Waals surface area (Å²) in [6, 6.07) is 8.83. The van der Waals surface area contributed by atoms with Gasteiger partial charge in [0.25, 0.3) is 0 Å². The quantitative estimate of drug-likeness (QED) is 0.349. The van der Waals surface area contributed by atoms with Crippen LogP contribution in [0.5, 0.6) is 0 Å². The largest absolute Gasteiger partial charge is 0.464 e. The van der Waals surface area contributed by atoms with E-state index in [4.69, 9.17) is 14.0 Å². The molecule has 2 heterocycles. The maximum absolute atomic E-state index is 12.7. The summed E-state index contributed by atoms with van der Waals surface area (Å²) in [5, 5.41) is 13.8. The number of hydrogen-bond acceptors (Lipinski definition) is 9. The van der Waals surface area contributed by atoms with Crippen LogP contribution in [0.3, 0.4) is 0 Å². The van der Waals surface area contributed by atoms with E-state index in [1.54, 1.807) is 66.8 Å². The summed E-state index contributed by atoms with van der Waals surface area (Å²) in [6.45, 7) is 10.6. The first-order chi connectivity index (χ1) is 18.0. The van der Waals surface area contributed by atoms with Crippen LogP contribution in [0.15, 0.2) is 45.7 Å². The maximum atomic E-state index is 12.7. The summed E-state index contributed by atoms with van der Waals surface area (Å²) in [5.74, 6) is -0.222. The maximum Gasteiger partial charge on any atom is 0.425 e. The molecule has 3 rings (SSSR count). The highest BCUT2D eigenvalue weighted by Gasteiger charge is 2.33. The van der Waals surface area contributed by atoms with Crippen molar-refractivity contribution in [2.45, 2.75) is 59.3 Å². The van der Waals surface area contributed by atoms with Gasteiger partial charge in [-0.2, -0.15) is 4.90 Å². The number of halogens is 1. The lowest BCUT2D eigenvalue weighted by Crippen LogP contribution is -2.41. The van der Waals surface area contributed by atoms with Crippen LogP contribution in [0.25, 0.3) is 22.7 Å². The number of benzene rings is 1. The van der Waals surface area contributed by atoms with Gasteiger partial charge in [-0.15, -0.1) is 0 Å². The van der Waals surface area contributed by atoms with Crippen molar-refractivity contribution < 1.29 is 33.5 Å². The molecule has 0 atom stereocenters. The third kappa shape index (κ3) is 7.99. The highest BCUT2D eigenvalue weighted by atomic mass is 79.9. The lowest BCUT2D eigenvalue weighted by atomic mass is 10.1. The van der Waals surface area contributed by atoms with E-state index in [-0.39, 0.29) is 21.9 Å². The Hall–Kier alpha value is -4.00. The zero-order valence-electron chi connectivity index (χ0n) is 22.7. The molecule has 2 aromatic heterocycles. The Morgan fingerprint density at radius 3 is 2.15 bits per heavy atom. The van der Waals surface area contributed by atoms with Gasteiger partial charge in [0.05, 0.1) is 6.20 Å². The van der Waals surface area contributed by atoms with Crippen LogP contribution in [0, 0.1) is 0 Å². The van der Waals surface area contributed by atoms with Gasteiger partial charge in [0.15, 0.2) is 17.3 Å². The molecule has 0 bridgehead atoms. The second-order valence-electron chi connectivity index (χ2n) is 10.6. The van der Waals surface area contributed by atoms with Gasteiger partial charge in [-0.3, -0.25) is 0 Å². The molecule has 0 fully saturated rings. The average Bonchev–Trinajstić information content (AvgIpc) is 3.28. The van der Waals surface area contributed by atoms with Gasteiger partial charge in [0.1, 0.15) is 21.5 Å². The van der Waals surface area contributed by atoms with Gasteiger partial charge in [0.2, 0.25) is 0 Å². The van der Waals surface area contributed by atoms with Crippen LogP contribution >= 0.6 is 15.9 Å². The summed E-state index contributed by atoms with van der Waals surface area (Å²) < 4.78 is 16.4. The summed E-state index contributed by atoms with van der Waals surface area (Å²) in [5.41, 5.74) is 0.426. The molecule has 3 aromatic rings. The second-order valence-corrected chi connectivity index (χ2v) is 11.4. The number of imide groups is 1. The first kappa shape index (κ1) is 29.6. The van der Waals surface area contributed by atoms with Crippen molar-refractivity contribution in [3.05, 3.63) is 46.7 Å². The Labute approximate surface area is 234 Å². The molecule has 13 heteroatoms. The number of amides is 3. The number of ether oxygens (including phenoxy) is 2. The van der Waals surface area contributed by atoms with Crippen molar-refractivity contribution in [2.75, 3.05) is 11.9 Å². The van der Waals surface area contributed by atoms with Gasteiger partial charge >= 0.3 is 18.3 Å². The van der Waals surface area contributed by atoms with E-state index in [2.05, 4.69) is 31.1 Å². The van der Waals surface area contributed by atoms with Crippen LogP contribution in [0.1, 0.15) is 47.1 Å². The molecule has 12 nitrogen and oxygen atoms in total. The van der Waals surface area contributed by atoms with E-state index in [0.29, 0.717) is 22.7 Å². The molecule has 0 unspecified atom stereocenters. The minimum absolute atomic E-state index is 0.0352. The smallest absolute Gasteiger partial charge is 0.425 e. The monoisotopic (exact) mass is 603 g/mol. The number of carbonyl (C=O) groups excluding carboxylic acids is 2. The molecular formula is C26H30BrN5O7. The summed E-state index contributed by atoms with van der Waals surface area (Å²) in [4.78, 5) is 47.1. The zero-order chi connectivity index (χ0) is 29.1. The molecule has 1 aromatic carbocycles. The third-order valence-electron chi connectivity index (χ3n) is 4.82. The van der Waals surface area contributed by atoms with Gasteiger partial charge < -0.3 is 24.0 Å². The van der Waals surface area contributed by atoms with Crippen LogP contribution < -0.4 is 4.90 Å². The van der Waals surface area contributed by atoms with E-state index in [0.717, 1.165) is 5.56 Å². The number of rotatable bonds is 5. The van der Waals surface area contributed by atoms with Crippen molar-refractivity contribution in [1.82, 2.24) is 20.0 Å². The predicted molar refractivity (Wildman–Crippen MR) is 145 cm³/mol. The van der Waals surface area contributed by atoms with Crippen LogP contribution in [-0.2, 0) is 16.0 Å². The average molecular weight is 604 g/mol. The summed E-state index contributed by atoms with van der Waals surface area (Å²) in [6.07, 6.45) is -1.92. The van der Waals surface area contributed by atoms with Crippen LogP contribution in [0.2, 0.25) is 0 Å². The Bertz CT molecular complexity index is 1360. The molecule has 0 aliphatic heterocycles. The van der Waals surface area contributed by atoms with Crippen molar-refractivity contribution in [3.8, 4) is 22.7 Å². The molecule has 3 amide bonds. The van der Waals surface area contributed by atoms with Crippen molar-refractivity contribution in [2.24, 2.45) is 0 Å². The van der Waals surface area contributed by atoms with Crippen molar-refractivity contribution in [3.63, 3.8) is 0 Å². The molecule has 0 saturated heterocycles. The molecule has 39 heavy (non-hydrogen) atoms. The topological polar surface area (TPSA) is 148 Å². The van der Waals surface area contributed by atoms with E-state index in [9.17, 15) is 19.5 Å².